The molecule has 0 aliphatic heterocycles. The van der Waals surface area contributed by atoms with Gasteiger partial charge in [-0.15, -0.1) is 13.2 Å². The molecule has 1 amide bonds. The molecule has 2 aromatic heterocycles. The Bertz CT molecular complexity index is 1540. The second-order valence-electron chi connectivity index (χ2n) is 9.66. The van der Waals surface area contributed by atoms with E-state index >= 15 is 0 Å². The van der Waals surface area contributed by atoms with Gasteiger partial charge in [-0.25, -0.2) is 23.2 Å². The number of aryl methyl sites for hydroxylation is 2. The van der Waals surface area contributed by atoms with Crippen molar-refractivity contribution in [2.45, 2.75) is 46.1 Å². The van der Waals surface area contributed by atoms with E-state index in [4.69, 9.17) is 13.9 Å². The van der Waals surface area contributed by atoms with Gasteiger partial charge >= 0.3 is 22.1 Å². The molecule has 0 unspecified atom stereocenters. The summed E-state index contributed by atoms with van der Waals surface area (Å²) in [5.41, 5.74) is 0.0392. The van der Waals surface area contributed by atoms with E-state index < -0.39 is 33.5 Å². The second kappa shape index (κ2) is 12.4. The first-order valence-electron chi connectivity index (χ1n) is 12.2. The van der Waals surface area contributed by atoms with Crippen LogP contribution in [0.5, 0.6) is 0 Å². The first-order valence-corrected chi connectivity index (χ1v) is 13.6. The summed E-state index contributed by atoms with van der Waals surface area (Å²) in [5, 5.41) is 11.5. The number of hydrogen-bond donors (Lipinski definition) is 0. The number of aromatic nitrogens is 4. The maximum atomic E-state index is 13.8. The Balaban J connectivity index is 1.83. The summed E-state index contributed by atoms with van der Waals surface area (Å²) >= 11 is 0. The van der Waals surface area contributed by atoms with Gasteiger partial charge in [0.25, 0.3) is 0 Å². The minimum absolute atomic E-state index is 0.0232. The van der Waals surface area contributed by atoms with Gasteiger partial charge in [0.15, 0.2) is 5.69 Å². The fourth-order valence-corrected chi connectivity index (χ4v) is 5.09. The van der Waals surface area contributed by atoms with Crippen LogP contribution in [0.3, 0.4) is 0 Å². The molecule has 0 aliphatic rings. The van der Waals surface area contributed by atoms with Crippen molar-refractivity contribution >= 4 is 16.3 Å². The quantitative estimate of drug-likeness (QED) is 0.292. The van der Waals surface area contributed by atoms with Crippen LogP contribution in [0.4, 0.5) is 9.18 Å². The molecule has 0 aliphatic carbocycles. The van der Waals surface area contributed by atoms with E-state index in [1.54, 1.807) is 27.7 Å². The Labute approximate surface area is 230 Å². The Morgan fingerprint density at radius 3 is 2.50 bits per heavy atom. The average molecular weight is 579 g/mol. The number of hydrogen-bond acceptors (Lipinski definition) is 10. The molecule has 0 bridgehead atoms. The first kappa shape index (κ1) is 30.4. The summed E-state index contributed by atoms with van der Waals surface area (Å²) in [4.78, 5) is 25.1. The van der Waals surface area contributed by atoms with Crippen LogP contribution in [0.1, 0.15) is 38.4 Å². The standard InChI is InChI=1S/C25H31FN6O7S/c1-7-13-30(40(35,36)31(14-8-2)23(33)37-25(4,5)6)15-9-10-20-21(28-39-27-20)22-29-38-24(34)32(22)18-11-12-19(26)17(3)16-18/h7-8,11-12,16H,1-2,9-10,13-15H2,3-6H3. The van der Waals surface area contributed by atoms with E-state index in [-0.39, 0.29) is 49.7 Å². The molecule has 3 aromatic rings. The highest BCUT2D eigenvalue weighted by Crippen LogP contribution is 2.23. The van der Waals surface area contributed by atoms with Crippen molar-refractivity contribution in [2.75, 3.05) is 19.6 Å². The minimum Gasteiger partial charge on any atom is -0.443 e. The third-order valence-corrected chi connectivity index (χ3v) is 7.26. The predicted molar refractivity (Wildman–Crippen MR) is 142 cm³/mol. The highest BCUT2D eigenvalue weighted by molar-refractivity contribution is 7.87. The molecular formula is C25H31FN6O7S. The molecule has 0 N–H and O–H groups in total. The highest BCUT2D eigenvalue weighted by atomic mass is 32.2. The Morgan fingerprint density at radius 2 is 1.88 bits per heavy atom. The van der Waals surface area contributed by atoms with E-state index in [0.29, 0.717) is 15.6 Å². The highest BCUT2D eigenvalue weighted by Gasteiger charge is 2.35. The molecule has 0 saturated carbocycles. The van der Waals surface area contributed by atoms with Gasteiger partial charge in [0, 0.05) is 13.1 Å². The van der Waals surface area contributed by atoms with Crippen LogP contribution < -0.4 is 5.76 Å². The predicted octanol–water partition coefficient (Wildman–Crippen LogP) is 3.41. The van der Waals surface area contributed by atoms with Crippen LogP contribution >= 0.6 is 0 Å². The first-order chi connectivity index (χ1) is 18.8. The minimum atomic E-state index is -4.32. The van der Waals surface area contributed by atoms with Crippen molar-refractivity contribution in [3.63, 3.8) is 0 Å². The molecule has 216 valence electrons. The molecule has 0 fully saturated rings. The lowest BCUT2D eigenvalue weighted by Crippen LogP contribution is -2.48. The molecule has 0 radical (unpaired) electrons. The SMILES string of the molecule is C=CCN(CCCc1nonc1-c1noc(=O)n1-c1ccc(F)c(C)c1)S(=O)(=O)N(CC=C)C(=O)OC(C)(C)C. The number of halogens is 1. The van der Waals surface area contributed by atoms with E-state index in [9.17, 15) is 22.4 Å². The summed E-state index contributed by atoms with van der Waals surface area (Å²) in [6.07, 6.45) is 1.99. The van der Waals surface area contributed by atoms with Gasteiger partial charge in [-0.1, -0.05) is 22.5 Å². The van der Waals surface area contributed by atoms with Crippen LogP contribution in [0.2, 0.25) is 0 Å². The van der Waals surface area contributed by atoms with Gasteiger partial charge in [0.05, 0.1) is 12.2 Å². The monoisotopic (exact) mass is 578 g/mol. The van der Waals surface area contributed by atoms with Crippen molar-refractivity contribution < 1.29 is 31.5 Å². The Kier molecular flexibility index (Phi) is 9.42. The third kappa shape index (κ3) is 6.90. The molecular weight excluding hydrogens is 547 g/mol. The van der Waals surface area contributed by atoms with Gasteiger partial charge in [0.2, 0.25) is 5.82 Å². The third-order valence-electron chi connectivity index (χ3n) is 5.42. The smallest absolute Gasteiger partial charge is 0.443 e. The van der Waals surface area contributed by atoms with Gasteiger partial charge in [-0.05, 0) is 69.5 Å². The van der Waals surface area contributed by atoms with Gasteiger partial charge < -0.3 is 4.74 Å². The second-order valence-corrected chi connectivity index (χ2v) is 11.5. The number of rotatable bonds is 12. The van der Waals surface area contributed by atoms with Crippen LogP contribution in [0, 0.1) is 12.7 Å². The molecule has 3 rings (SSSR count). The van der Waals surface area contributed by atoms with Crippen LogP contribution in [-0.2, 0) is 21.4 Å². The molecule has 2 heterocycles. The molecule has 13 nitrogen and oxygen atoms in total. The number of carbonyl (C=O) groups is 1. The van der Waals surface area contributed by atoms with Gasteiger partial charge in [-0.2, -0.15) is 17.0 Å². The van der Waals surface area contributed by atoms with Crippen molar-refractivity contribution in [2.24, 2.45) is 0 Å². The Morgan fingerprint density at radius 1 is 1.18 bits per heavy atom. The topological polar surface area (TPSA) is 154 Å². The molecule has 15 heteroatoms. The normalized spacial score (nSPS) is 11.9. The lowest BCUT2D eigenvalue weighted by atomic mass is 10.1. The van der Waals surface area contributed by atoms with Gasteiger partial charge in [0.1, 0.15) is 17.1 Å². The number of amides is 1. The maximum absolute atomic E-state index is 13.8. The largest absolute Gasteiger partial charge is 0.446 e. The van der Waals surface area contributed by atoms with E-state index in [1.165, 1.54) is 30.4 Å². The summed E-state index contributed by atoms with van der Waals surface area (Å²) < 4.78 is 58.3. The summed E-state index contributed by atoms with van der Waals surface area (Å²) in [6.45, 7) is 13.1. The fraction of sp³-hybridized carbons (Fsp3) is 0.400. The number of carbonyl (C=O) groups excluding carboxylic acids is 1. The molecule has 0 spiro atoms. The lowest BCUT2D eigenvalue weighted by molar-refractivity contribution is 0.0396. The number of ether oxygens (including phenoxy) is 1. The average Bonchev–Trinajstić information content (AvgIpc) is 3.48. The maximum Gasteiger partial charge on any atom is 0.446 e. The van der Waals surface area contributed by atoms with Crippen molar-refractivity contribution in [3.05, 3.63) is 71.1 Å². The zero-order valence-corrected chi connectivity index (χ0v) is 23.5. The fourth-order valence-electron chi connectivity index (χ4n) is 3.64. The van der Waals surface area contributed by atoms with Crippen molar-refractivity contribution in [3.8, 4) is 17.2 Å². The lowest BCUT2D eigenvalue weighted by Gasteiger charge is -2.30. The van der Waals surface area contributed by atoms with E-state index in [0.717, 1.165) is 8.87 Å². The van der Waals surface area contributed by atoms with E-state index in [1.807, 2.05) is 0 Å². The van der Waals surface area contributed by atoms with Crippen LogP contribution in [-0.4, -0.2) is 68.4 Å². The zero-order valence-electron chi connectivity index (χ0n) is 22.7. The number of nitrogens with zero attached hydrogens (tertiary/aromatic N) is 6. The zero-order chi connectivity index (χ0) is 29.7. The number of benzene rings is 1. The van der Waals surface area contributed by atoms with E-state index in [2.05, 4.69) is 28.6 Å². The summed E-state index contributed by atoms with van der Waals surface area (Å²) in [6, 6.07) is 4.04. The van der Waals surface area contributed by atoms with Gasteiger partial charge in [-0.3, -0.25) is 4.52 Å². The van der Waals surface area contributed by atoms with Crippen LogP contribution in [0.15, 0.2) is 57.5 Å². The molecule has 1 aromatic carbocycles. The Hall–Kier alpha value is -4.11. The van der Waals surface area contributed by atoms with Crippen LogP contribution in [0.25, 0.3) is 17.2 Å². The van der Waals surface area contributed by atoms with Crippen molar-refractivity contribution in [1.82, 2.24) is 28.6 Å². The van der Waals surface area contributed by atoms with Crippen molar-refractivity contribution in [1.29, 1.82) is 0 Å². The molecule has 0 saturated heterocycles. The molecule has 40 heavy (non-hydrogen) atoms. The summed E-state index contributed by atoms with van der Waals surface area (Å²) in [5.74, 6) is -1.30. The molecule has 0 atom stereocenters. The summed E-state index contributed by atoms with van der Waals surface area (Å²) in [7, 11) is -4.32.